The molecule has 2 aliphatic heterocycles. The monoisotopic (exact) mass is 503 g/mol. The minimum Gasteiger partial charge on any atom is -0.487 e. The topological polar surface area (TPSA) is 121 Å². The van der Waals surface area contributed by atoms with Gasteiger partial charge in [0.15, 0.2) is 11.6 Å². The summed E-state index contributed by atoms with van der Waals surface area (Å²) in [5.41, 5.74) is 0. The SMILES string of the molecule is O=C(CN1CCC(Oc2ccc(OC(F)(F)F)cc2F)CC1)N[C@@H]1COc2nc([N+](=O)[O-])cn2C1. The van der Waals surface area contributed by atoms with Gasteiger partial charge < -0.3 is 29.6 Å². The number of piperidine rings is 1. The Balaban J connectivity index is 1.21. The first kappa shape index (κ1) is 24.5. The van der Waals surface area contributed by atoms with Crippen molar-refractivity contribution in [3.05, 3.63) is 40.3 Å². The summed E-state index contributed by atoms with van der Waals surface area (Å²) in [5.74, 6) is -2.39. The van der Waals surface area contributed by atoms with E-state index in [2.05, 4.69) is 15.0 Å². The Kier molecular flexibility index (Phi) is 6.95. The van der Waals surface area contributed by atoms with Crippen molar-refractivity contribution in [1.29, 1.82) is 0 Å². The molecule has 190 valence electrons. The molecule has 1 atom stereocenters. The van der Waals surface area contributed by atoms with Crippen LogP contribution in [-0.2, 0) is 11.3 Å². The zero-order valence-corrected chi connectivity index (χ0v) is 18.2. The molecule has 1 amide bonds. The first-order valence-corrected chi connectivity index (χ1v) is 10.6. The summed E-state index contributed by atoms with van der Waals surface area (Å²) >= 11 is 0. The third kappa shape index (κ3) is 6.49. The number of aromatic nitrogens is 2. The number of ether oxygens (including phenoxy) is 3. The van der Waals surface area contributed by atoms with E-state index in [1.165, 1.54) is 10.8 Å². The lowest BCUT2D eigenvalue weighted by Gasteiger charge is -2.32. The molecule has 4 rings (SSSR count). The van der Waals surface area contributed by atoms with Crippen LogP contribution in [0.25, 0.3) is 0 Å². The highest BCUT2D eigenvalue weighted by atomic mass is 19.4. The molecule has 0 saturated carbocycles. The van der Waals surface area contributed by atoms with Gasteiger partial charge in [0.05, 0.1) is 19.1 Å². The average molecular weight is 503 g/mol. The normalized spacial score (nSPS) is 18.9. The number of rotatable bonds is 7. The molecule has 0 radical (unpaired) electrons. The second-order valence-corrected chi connectivity index (χ2v) is 8.10. The highest BCUT2D eigenvalue weighted by molar-refractivity contribution is 5.78. The van der Waals surface area contributed by atoms with Crippen molar-refractivity contribution < 1.29 is 41.5 Å². The van der Waals surface area contributed by atoms with Gasteiger partial charge in [0.2, 0.25) is 5.91 Å². The van der Waals surface area contributed by atoms with Crippen molar-refractivity contribution >= 4 is 11.7 Å². The summed E-state index contributed by atoms with van der Waals surface area (Å²) in [6.45, 7) is 1.52. The van der Waals surface area contributed by atoms with Crippen molar-refractivity contribution in [1.82, 2.24) is 19.8 Å². The number of hydrogen-bond acceptors (Lipinski definition) is 8. The highest BCUT2D eigenvalue weighted by Crippen LogP contribution is 2.29. The van der Waals surface area contributed by atoms with Gasteiger partial charge in [-0.1, -0.05) is 0 Å². The number of nitrogens with one attached hydrogen (secondary N) is 1. The molecule has 1 fully saturated rings. The largest absolute Gasteiger partial charge is 0.573 e. The summed E-state index contributed by atoms with van der Waals surface area (Å²) in [7, 11) is 0. The van der Waals surface area contributed by atoms with Crippen molar-refractivity contribution in [3.8, 4) is 17.5 Å². The molecule has 1 aromatic heterocycles. The molecule has 0 bridgehead atoms. The third-order valence-electron chi connectivity index (χ3n) is 5.44. The number of alkyl halides is 3. The lowest BCUT2D eigenvalue weighted by atomic mass is 10.1. The standard InChI is InChI=1S/C20H21F4N5O6/c21-15-7-14(35-20(22,23)24)1-2-16(15)34-13-3-5-27(6-4-13)10-18(30)25-12-8-28-9-17(29(31)32)26-19(28)33-11-12/h1-2,7,9,12-13H,3-6,8,10-11H2,(H,25,30)/t12-/m0/s1. The van der Waals surface area contributed by atoms with Crippen LogP contribution in [0.5, 0.6) is 17.5 Å². The van der Waals surface area contributed by atoms with E-state index < -0.39 is 22.9 Å². The minimum absolute atomic E-state index is 0.109. The van der Waals surface area contributed by atoms with Gasteiger partial charge in [-0.05, 0) is 29.9 Å². The summed E-state index contributed by atoms with van der Waals surface area (Å²) < 4.78 is 67.0. The highest BCUT2D eigenvalue weighted by Gasteiger charge is 2.32. The Labute approximate surface area is 195 Å². The number of nitrogens with zero attached hydrogens (tertiary/aromatic N) is 4. The van der Waals surface area contributed by atoms with Gasteiger partial charge in [-0.3, -0.25) is 14.3 Å². The van der Waals surface area contributed by atoms with Crippen LogP contribution < -0.4 is 19.5 Å². The van der Waals surface area contributed by atoms with Gasteiger partial charge in [0.1, 0.15) is 24.7 Å². The smallest absolute Gasteiger partial charge is 0.487 e. The van der Waals surface area contributed by atoms with Gasteiger partial charge in [-0.25, -0.2) is 4.39 Å². The van der Waals surface area contributed by atoms with Crippen LogP contribution in [0, 0.1) is 15.9 Å². The molecule has 15 heteroatoms. The number of nitro groups is 1. The Morgan fingerprint density at radius 1 is 1.31 bits per heavy atom. The van der Waals surface area contributed by atoms with Crippen LogP contribution in [-0.4, -0.2) is 70.0 Å². The molecule has 3 heterocycles. The van der Waals surface area contributed by atoms with Crippen LogP contribution in [0.2, 0.25) is 0 Å². The molecule has 0 spiro atoms. The molecule has 1 N–H and O–H groups in total. The lowest BCUT2D eigenvalue weighted by molar-refractivity contribution is -0.389. The number of carbonyl (C=O) groups excluding carboxylic acids is 1. The lowest BCUT2D eigenvalue weighted by Crippen LogP contribution is -2.49. The van der Waals surface area contributed by atoms with Gasteiger partial charge >= 0.3 is 18.2 Å². The van der Waals surface area contributed by atoms with Crippen LogP contribution in [0.4, 0.5) is 23.4 Å². The second kappa shape index (κ2) is 9.93. The van der Waals surface area contributed by atoms with Gasteiger partial charge in [0, 0.05) is 24.1 Å². The molecule has 1 aromatic carbocycles. The summed E-state index contributed by atoms with van der Waals surface area (Å²) in [5, 5.41) is 13.7. The van der Waals surface area contributed by atoms with Crippen molar-refractivity contribution in [2.24, 2.45) is 0 Å². The zero-order valence-electron chi connectivity index (χ0n) is 18.2. The predicted molar refractivity (Wildman–Crippen MR) is 109 cm³/mol. The summed E-state index contributed by atoms with van der Waals surface area (Å²) in [6, 6.07) is 2.43. The number of amides is 1. The molecular weight excluding hydrogens is 482 g/mol. The number of imidazole rings is 1. The molecule has 2 aromatic rings. The van der Waals surface area contributed by atoms with Crippen molar-refractivity contribution in [3.63, 3.8) is 0 Å². The Bertz CT molecular complexity index is 1090. The molecular formula is C20H21F4N5O6. The zero-order chi connectivity index (χ0) is 25.2. The molecule has 2 aliphatic rings. The van der Waals surface area contributed by atoms with Crippen LogP contribution in [0.15, 0.2) is 24.4 Å². The van der Waals surface area contributed by atoms with Crippen LogP contribution in [0.1, 0.15) is 12.8 Å². The quantitative estimate of drug-likeness (QED) is 0.347. The number of fused-ring (bicyclic) bond motifs is 1. The van der Waals surface area contributed by atoms with E-state index in [1.54, 1.807) is 0 Å². The van der Waals surface area contributed by atoms with Crippen LogP contribution >= 0.6 is 0 Å². The van der Waals surface area contributed by atoms with Gasteiger partial charge in [-0.2, -0.15) is 0 Å². The van der Waals surface area contributed by atoms with E-state index >= 15 is 0 Å². The van der Waals surface area contributed by atoms with Crippen molar-refractivity contribution in [2.75, 3.05) is 26.2 Å². The maximum absolute atomic E-state index is 14.1. The number of likely N-dealkylation sites (tertiary alicyclic amines) is 1. The summed E-state index contributed by atoms with van der Waals surface area (Å²) in [6.07, 6.45) is -3.05. The molecule has 0 unspecified atom stereocenters. The molecule has 0 aliphatic carbocycles. The average Bonchev–Trinajstić information content (AvgIpc) is 3.20. The first-order chi connectivity index (χ1) is 16.6. The number of benzene rings is 1. The number of carbonyl (C=O) groups is 1. The maximum Gasteiger partial charge on any atom is 0.573 e. The van der Waals surface area contributed by atoms with E-state index in [0.717, 1.165) is 12.1 Å². The summed E-state index contributed by atoms with van der Waals surface area (Å²) in [4.78, 5) is 28.3. The van der Waals surface area contributed by atoms with Crippen molar-refractivity contribution in [2.45, 2.75) is 37.9 Å². The molecule has 1 saturated heterocycles. The van der Waals surface area contributed by atoms with E-state index in [4.69, 9.17) is 9.47 Å². The Morgan fingerprint density at radius 2 is 2.06 bits per heavy atom. The first-order valence-electron chi connectivity index (χ1n) is 10.6. The Hall–Kier alpha value is -3.62. The number of hydrogen-bond donors (Lipinski definition) is 1. The van der Waals surface area contributed by atoms with E-state index in [0.29, 0.717) is 32.0 Å². The fourth-order valence-electron chi connectivity index (χ4n) is 3.89. The molecule has 35 heavy (non-hydrogen) atoms. The molecule has 11 nitrogen and oxygen atoms in total. The minimum atomic E-state index is -4.92. The van der Waals surface area contributed by atoms with Gasteiger partial charge in [0.25, 0.3) is 0 Å². The Morgan fingerprint density at radius 3 is 2.71 bits per heavy atom. The van der Waals surface area contributed by atoms with E-state index in [9.17, 15) is 32.5 Å². The van der Waals surface area contributed by atoms with Gasteiger partial charge in [-0.15, -0.1) is 13.2 Å². The fourth-order valence-corrected chi connectivity index (χ4v) is 3.89. The maximum atomic E-state index is 14.1. The fraction of sp³-hybridized carbons (Fsp3) is 0.500. The van der Waals surface area contributed by atoms with Crippen LogP contribution in [0.3, 0.4) is 0 Å². The third-order valence-corrected chi connectivity index (χ3v) is 5.44. The predicted octanol–water partition coefficient (Wildman–Crippen LogP) is 2.25. The number of halogens is 4. The second-order valence-electron chi connectivity index (χ2n) is 8.10. The van der Waals surface area contributed by atoms with E-state index in [1.807, 2.05) is 4.90 Å². The van der Waals surface area contributed by atoms with E-state index in [-0.39, 0.29) is 55.3 Å².